The number of anilines is 1. The summed E-state index contributed by atoms with van der Waals surface area (Å²) in [5, 5.41) is 4.15. The van der Waals surface area contributed by atoms with Gasteiger partial charge >= 0.3 is 0 Å². The normalized spacial score (nSPS) is 11.3. The van der Waals surface area contributed by atoms with E-state index < -0.39 is 0 Å². The summed E-state index contributed by atoms with van der Waals surface area (Å²) >= 11 is 0. The monoisotopic (exact) mass is 273 g/mol. The Hall–Kier alpha value is -2.37. The highest BCUT2D eigenvalue weighted by molar-refractivity contribution is 5.82. The van der Waals surface area contributed by atoms with Crippen LogP contribution in [0.3, 0.4) is 0 Å². The molecule has 0 bridgehead atoms. The smallest absolute Gasteiger partial charge is 0.146 e. The molecule has 2 aromatic heterocycles. The fourth-order valence-electron chi connectivity index (χ4n) is 2.38. The molecule has 3 rings (SSSR count). The molecule has 1 aromatic carbocycles. The van der Waals surface area contributed by atoms with E-state index in [0.717, 1.165) is 29.9 Å². The molecule has 3 aromatic rings. The Morgan fingerprint density at radius 1 is 1.35 bits per heavy atom. The zero-order chi connectivity index (χ0) is 14.3. The fraction of sp³-hybridized carbons (Fsp3) is 0.286. The van der Waals surface area contributed by atoms with Crippen LogP contribution in [0.5, 0.6) is 0 Å². The summed E-state index contributed by atoms with van der Waals surface area (Å²) in [6.07, 6.45) is 2.65. The molecule has 2 N–H and O–H groups in total. The largest absolute Gasteiger partial charge is 0.383 e. The topological polar surface area (TPSA) is 61.7 Å². The number of halogens is 1. The molecule has 0 saturated heterocycles. The first-order chi connectivity index (χ1) is 9.61. The summed E-state index contributed by atoms with van der Waals surface area (Å²) in [6.45, 7) is 2.89. The van der Waals surface area contributed by atoms with E-state index >= 15 is 0 Å². The van der Waals surface area contributed by atoms with Crippen molar-refractivity contribution >= 4 is 16.9 Å². The predicted molar refractivity (Wildman–Crippen MR) is 76.6 cm³/mol. The number of aromatic nitrogens is 4. The average molecular weight is 273 g/mol. The summed E-state index contributed by atoms with van der Waals surface area (Å²) in [4.78, 5) is 4.53. The second-order valence-electron chi connectivity index (χ2n) is 4.79. The Labute approximate surface area is 115 Å². The van der Waals surface area contributed by atoms with Gasteiger partial charge < -0.3 is 10.3 Å². The molecule has 0 atom stereocenters. The number of imidazole rings is 1. The van der Waals surface area contributed by atoms with E-state index in [1.165, 1.54) is 12.1 Å². The molecule has 5 nitrogen and oxygen atoms in total. The summed E-state index contributed by atoms with van der Waals surface area (Å²) < 4.78 is 17.0. The van der Waals surface area contributed by atoms with Gasteiger partial charge in [-0.1, -0.05) is 6.92 Å². The van der Waals surface area contributed by atoms with Crippen LogP contribution in [0.2, 0.25) is 0 Å². The number of benzene rings is 1. The molecule has 0 amide bonds. The van der Waals surface area contributed by atoms with Crippen LogP contribution >= 0.6 is 0 Å². The Morgan fingerprint density at radius 2 is 2.15 bits per heavy atom. The Morgan fingerprint density at radius 3 is 2.80 bits per heavy atom. The molecule has 20 heavy (non-hydrogen) atoms. The Kier molecular flexibility index (Phi) is 2.93. The number of nitrogens with zero attached hydrogens (tertiary/aromatic N) is 4. The van der Waals surface area contributed by atoms with Gasteiger partial charge in [0.1, 0.15) is 17.5 Å². The molecule has 0 spiro atoms. The first-order valence-corrected chi connectivity index (χ1v) is 6.55. The van der Waals surface area contributed by atoms with Crippen molar-refractivity contribution in [3.63, 3.8) is 0 Å². The zero-order valence-electron chi connectivity index (χ0n) is 11.5. The van der Waals surface area contributed by atoms with E-state index in [1.54, 1.807) is 24.0 Å². The number of rotatable bonds is 3. The summed E-state index contributed by atoms with van der Waals surface area (Å²) in [5.41, 5.74) is 8.34. The summed E-state index contributed by atoms with van der Waals surface area (Å²) in [5.74, 6) is 1.00. The third-order valence-electron chi connectivity index (χ3n) is 3.38. The van der Waals surface area contributed by atoms with Gasteiger partial charge in [-0.3, -0.25) is 4.68 Å². The van der Waals surface area contributed by atoms with Crippen LogP contribution in [0.25, 0.3) is 22.4 Å². The van der Waals surface area contributed by atoms with E-state index in [0.29, 0.717) is 11.3 Å². The lowest BCUT2D eigenvalue weighted by atomic mass is 10.3. The van der Waals surface area contributed by atoms with Crippen molar-refractivity contribution in [1.82, 2.24) is 19.3 Å². The van der Waals surface area contributed by atoms with Crippen LogP contribution < -0.4 is 5.73 Å². The van der Waals surface area contributed by atoms with Crippen LogP contribution in [-0.2, 0) is 13.6 Å². The number of fused-ring (bicyclic) bond motifs is 1. The highest BCUT2D eigenvalue weighted by Gasteiger charge is 2.17. The second-order valence-corrected chi connectivity index (χ2v) is 4.79. The Balaban J connectivity index is 2.28. The van der Waals surface area contributed by atoms with E-state index in [1.807, 2.05) is 0 Å². The highest BCUT2D eigenvalue weighted by atomic mass is 19.1. The van der Waals surface area contributed by atoms with Crippen LogP contribution in [0.4, 0.5) is 10.2 Å². The molecule has 0 unspecified atom stereocenters. The average Bonchev–Trinajstić information content (AvgIpc) is 2.92. The molecule has 0 aliphatic rings. The SMILES string of the molecule is CCCn1c(-c2cnn(C)c2N)nc2cc(F)ccc21. The van der Waals surface area contributed by atoms with Crippen molar-refractivity contribution in [2.24, 2.45) is 7.05 Å². The van der Waals surface area contributed by atoms with Crippen molar-refractivity contribution in [3.8, 4) is 11.4 Å². The Bertz CT molecular complexity index is 771. The summed E-state index contributed by atoms with van der Waals surface area (Å²) in [7, 11) is 1.78. The van der Waals surface area contributed by atoms with E-state index in [9.17, 15) is 4.39 Å². The molecule has 6 heteroatoms. The van der Waals surface area contributed by atoms with E-state index in [-0.39, 0.29) is 5.82 Å². The lowest BCUT2D eigenvalue weighted by molar-refractivity contribution is 0.629. The lowest BCUT2D eigenvalue weighted by Gasteiger charge is -2.07. The highest BCUT2D eigenvalue weighted by Crippen LogP contribution is 2.29. The molecule has 0 radical (unpaired) electrons. The van der Waals surface area contributed by atoms with Crippen molar-refractivity contribution in [2.45, 2.75) is 19.9 Å². The van der Waals surface area contributed by atoms with Crippen LogP contribution in [0.15, 0.2) is 24.4 Å². The molecule has 0 aliphatic heterocycles. The maximum Gasteiger partial charge on any atom is 0.146 e. The van der Waals surface area contributed by atoms with Gasteiger partial charge in [0.05, 0.1) is 22.8 Å². The van der Waals surface area contributed by atoms with Crippen LogP contribution in [-0.4, -0.2) is 19.3 Å². The minimum Gasteiger partial charge on any atom is -0.383 e. The number of hydrogen-bond donors (Lipinski definition) is 1. The number of aryl methyl sites for hydroxylation is 2. The maximum atomic E-state index is 13.4. The summed E-state index contributed by atoms with van der Waals surface area (Å²) in [6, 6.07) is 4.65. The van der Waals surface area contributed by atoms with Crippen molar-refractivity contribution in [1.29, 1.82) is 0 Å². The van der Waals surface area contributed by atoms with Crippen LogP contribution in [0.1, 0.15) is 13.3 Å². The second kappa shape index (κ2) is 4.63. The van der Waals surface area contributed by atoms with Gasteiger partial charge in [-0.25, -0.2) is 9.37 Å². The van der Waals surface area contributed by atoms with Crippen molar-refractivity contribution < 1.29 is 4.39 Å². The zero-order valence-corrected chi connectivity index (χ0v) is 11.5. The molecule has 2 heterocycles. The minimum atomic E-state index is -0.288. The lowest BCUT2D eigenvalue weighted by Crippen LogP contribution is -2.02. The van der Waals surface area contributed by atoms with E-state index in [2.05, 4.69) is 21.6 Å². The van der Waals surface area contributed by atoms with Gasteiger partial charge in [-0.2, -0.15) is 5.10 Å². The number of nitrogen functional groups attached to an aromatic ring is 1. The van der Waals surface area contributed by atoms with Crippen molar-refractivity contribution in [2.75, 3.05) is 5.73 Å². The third-order valence-corrected chi connectivity index (χ3v) is 3.38. The van der Waals surface area contributed by atoms with Crippen molar-refractivity contribution in [3.05, 3.63) is 30.2 Å². The van der Waals surface area contributed by atoms with E-state index in [4.69, 9.17) is 5.73 Å². The van der Waals surface area contributed by atoms with Gasteiger partial charge in [-0.05, 0) is 18.6 Å². The first-order valence-electron chi connectivity index (χ1n) is 6.55. The molecule has 104 valence electrons. The van der Waals surface area contributed by atoms with Gasteiger partial charge in [0.15, 0.2) is 0 Å². The number of hydrogen-bond acceptors (Lipinski definition) is 3. The third kappa shape index (κ3) is 1.84. The predicted octanol–water partition coefficient (Wildman–Crippen LogP) is 2.57. The minimum absolute atomic E-state index is 0.288. The van der Waals surface area contributed by atoms with Gasteiger partial charge in [0, 0.05) is 19.7 Å². The molecule has 0 saturated carbocycles. The van der Waals surface area contributed by atoms with Gasteiger partial charge in [-0.15, -0.1) is 0 Å². The molecular weight excluding hydrogens is 257 g/mol. The maximum absolute atomic E-state index is 13.4. The first kappa shape index (κ1) is 12.7. The molecular formula is C14H16FN5. The van der Waals surface area contributed by atoms with Gasteiger partial charge in [0.25, 0.3) is 0 Å². The van der Waals surface area contributed by atoms with Crippen LogP contribution in [0, 0.1) is 5.82 Å². The van der Waals surface area contributed by atoms with Gasteiger partial charge in [0.2, 0.25) is 0 Å². The number of nitrogens with two attached hydrogens (primary N) is 1. The molecule has 0 aliphatic carbocycles. The molecule has 0 fully saturated rings. The standard InChI is InChI=1S/C14H16FN5/c1-3-6-20-12-5-4-9(15)7-11(12)18-14(20)10-8-17-19(2)13(10)16/h4-5,7-8H,3,6,16H2,1-2H3. The fourth-order valence-corrected chi connectivity index (χ4v) is 2.38. The quantitative estimate of drug-likeness (QED) is 0.797.